The molecule has 2 aromatic rings. The molecule has 0 aliphatic heterocycles. The Balaban J connectivity index is 2.13. The van der Waals surface area contributed by atoms with Crippen LogP contribution in [0.25, 0.3) is 0 Å². The van der Waals surface area contributed by atoms with Gasteiger partial charge in [0, 0.05) is 12.6 Å². The first-order chi connectivity index (χ1) is 8.56. The lowest BCUT2D eigenvalue weighted by atomic mass is 10.1. The van der Waals surface area contributed by atoms with Crippen molar-refractivity contribution < 1.29 is 13.9 Å². The molecule has 0 amide bonds. The van der Waals surface area contributed by atoms with Gasteiger partial charge in [-0.1, -0.05) is 6.07 Å². The lowest BCUT2D eigenvalue weighted by Gasteiger charge is -2.10. The highest BCUT2D eigenvalue weighted by molar-refractivity contribution is 5.20. The standard InChI is InChI=1S/C13H12F2N2O/c1-8-6-17-12(7-16-8)13(18)5-9-2-3-10(14)11(15)4-9/h2-4,6-7,13,18H,5H2,1H3. The first kappa shape index (κ1) is 12.6. The molecule has 1 N–H and O–H groups in total. The summed E-state index contributed by atoms with van der Waals surface area (Å²) in [5.41, 5.74) is 1.66. The van der Waals surface area contributed by atoms with Crippen LogP contribution in [0, 0.1) is 18.6 Å². The van der Waals surface area contributed by atoms with E-state index in [1.807, 2.05) is 0 Å². The Bertz CT molecular complexity index is 543. The van der Waals surface area contributed by atoms with Gasteiger partial charge in [0.2, 0.25) is 0 Å². The third-order valence-corrected chi connectivity index (χ3v) is 2.56. The molecule has 94 valence electrons. The summed E-state index contributed by atoms with van der Waals surface area (Å²) >= 11 is 0. The molecule has 0 aliphatic carbocycles. The van der Waals surface area contributed by atoms with Crippen molar-refractivity contribution in [3.05, 3.63) is 59.2 Å². The number of hydrogen-bond donors (Lipinski definition) is 1. The molecule has 1 atom stereocenters. The molecular weight excluding hydrogens is 238 g/mol. The highest BCUT2D eigenvalue weighted by Gasteiger charge is 2.12. The minimum atomic E-state index is -0.922. The molecule has 5 heteroatoms. The van der Waals surface area contributed by atoms with Crippen LogP contribution in [0.4, 0.5) is 8.78 Å². The summed E-state index contributed by atoms with van der Waals surface area (Å²) in [6.45, 7) is 1.79. The predicted octanol–water partition coefficient (Wildman–Crippen LogP) is 2.34. The maximum Gasteiger partial charge on any atom is 0.159 e. The summed E-state index contributed by atoms with van der Waals surface area (Å²) in [4.78, 5) is 8.05. The zero-order chi connectivity index (χ0) is 13.1. The molecule has 18 heavy (non-hydrogen) atoms. The van der Waals surface area contributed by atoms with Gasteiger partial charge in [-0.05, 0) is 24.6 Å². The largest absolute Gasteiger partial charge is 0.386 e. The van der Waals surface area contributed by atoms with E-state index in [9.17, 15) is 13.9 Å². The molecule has 3 nitrogen and oxygen atoms in total. The van der Waals surface area contributed by atoms with Crippen LogP contribution in [0.3, 0.4) is 0 Å². The minimum Gasteiger partial charge on any atom is -0.386 e. The third-order valence-electron chi connectivity index (χ3n) is 2.56. The van der Waals surface area contributed by atoms with Crippen LogP contribution >= 0.6 is 0 Å². The van der Waals surface area contributed by atoms with Gasteiger partial charge in [0.1, 0.15) is 6.10 Å². The SMILES string of the molecule is Cc1cnc(C(O)Cc2ccc(F)c(F)c2)cn1. The fraction of sp³-hybridized carbons (Fsp3) is 0.231. The molecule has 0 fully saturated rings. The summed E-state index contributed by atoms with van der Waals surface area (Å²) in [5, 5.41) is 9.91. The second kappa shape index (κ2) is 5.18. The number of aryl methyl sites for hydroxylation is 1. The number of halogens is 2. The molecule has 0 saturated carbocycles. The number of rotatable bonds is 3. The van der Waals surface area contributed by atoms with E-state index in [2.05, 4.69) is 9.97 Å². The van der Waals surface area contributed by atoms with Gasteiger partial charge in [0.05, 0.1) is 17.6 Å². The Labute approximate surface area is 103 Å². The normalized spacial score (nSPS) is 12.4. The van der Waals surface area contributed by atoms with Gasteiger partial charge in [-0.3, -0.25) is 9.97 Å². The predicted molar refractivity (Wildman–Crippen MR) is 61.8 cm³/mol. The van der Waals surface area contributed by atoms with E-state index >= 15 is 0 Å². The molecule has 0 aliphatic rings. The minimum absolute atomic E-state index is 0.162. The van der Waals surface area contributed by atoms with Crippen LogP contribution in [0.15, 0.2) is 30.6 Å². The summed E-state index contributed by atoms with van der Waals surface area (Å²) < 4.78 is 25.7. The van der Waals surface area contributed by atoms with Crippen molar-refractivity contribution in [3.63, 3.8) is 0 Å². The molecule has 1 heterocycles. The highest BCUT2D eigenvalue weighted by atomic mass is 19.2. The second-order valence-electron chi connectivity index (χ2n) is 4.05. The molecule has 0 saturated heterocycles. The Morgan fingerprint density at radius 2 is 1.94 bits per heavy atom. The number of benzene rings is 1. The topological polar surface area (TPSA) is 46.0 Å². The molecule has 0 radical (unpaired) electrons. The van der Waals surface area contributed by atoms with Gasteiger partial charge in [-0.2, -0.15) is 0 Å². The lowest BCUT2D eigenvalue weighted by molar-refractivity contribution is 0.173. The Hall–Kier alpha value is -1.88. The first-order valence-electron chi connectivity index (χ1n) is 5.47. The van der Waals surface area contributed by atoms with Crippen LogP contribution in [-0.4, -0.2) is 15.1 Å². The van der Waals surface area contributed by atoms with Crippen LogP contribution < -0.4 is 0 Å². The fourth-order valence-electron chi connectivity index (χ4n) is 1.57. The van der Waals surface area contributed by atoms with E-state index in [1.165, 1.54) is 12.3 Å². The van der Waals surface area contributed by atoms with Crippen LogP contribution in [-0.2, 0) is 6.42 Å². The van der Waals surface area contributed by atoms with E-state index in [0.717, 1.165) is 17.8 Å². The van der Waals surface area contributed by atoms with Crippen molar-refractivity contribution in [1.82, 2.24) is 9.97 Å². The van der Waals surface area contributed by atoms with E-state index in [-0.39, 0.29) is 6.42 Å². The van der Waals surface area contributed by atoms with Crippen molar-refractivity contribution >= 4 is 0 Å². The van der Waals surface area contributed by atoms with E-state index in [0.29, 0.717) is 11.3 Å². The zero-order valence-electron chi connectivity index (χ0n) is 9.77. The van der Waals surface area contributed by atoms with Gasteiger partial charge < -0.3 is 5.11 Å². The molecular formula is C13H12F2N2O. The first-order valence-corrected chi connectivity index (χ1v) is 5.47. The lowest BCUT2D eigenvalue weighted by Crippen LogP contribution is -2.05. The van der Waals surface area contributed by atoms with E-state index in [1.54, 1.807) is 13.1 Å². The summed E-state index contributed by atoms with van der Waals surface area (Å²) in [5.74, 6) is -1.82. The Kier molecular flexibility index (Phi) is 3.62. The second-order valence-corrected chi connectivity index (χ2v) is 4.05. The number of aromatic nitrogens is 2. The van der Waals surface area contributed by atoms with Crippen LogP contribution in [0.2, 0.25) is 0 Å². The number of hydrogen-bond acceptors (Lipinski definition) is 3. The van der Waals surface area contributed by atoms with Crippen LogP contribution in [0.1, 0.15) is 23.1 Å². The van der Waals surface area contributed by atoms with Gasteiger partial charge in [-0.15, -0.1) is 0 Å². The molecule has 2 rings (SSSR count). The van der Waals surface area contributed by atoms with Crippen molar-refractivity contribution in [3.8, 4) is 0 Å². The summed E-state index contributed by atoms with van der Waals surface area (Å²) in [6, 6.07) is 3.54. The van der Waals surface area contributed by atoms with Crippen molar-refractivity contribution in [2.45, 2.75) is 19.4 Å². The average Bonchev–Trinajstić information content (AvgIpc) is 2.34. The van der Waals surface area contributed by atoms with Crippen molar-refractivity contribution in [2.75, 3.05) is 0 Å². The fourth-order valence-corrected chi connectivity index (χ4v) is 1.57. The third kappa shape index (κ3) is 2.87. The Morgan fingerprint density at radius 3 is 2.56 bits per heavy atom. The van der Waals surface area contributed by atoms with Gasteiger partial charge in [-0.25, -0.2) is 8.78 Å². The monoisotopic (exact) mass is 250 g/mol. The molecule has 0 spiro atoms. The molecule has 1 unspecified atom stereocenters. The highest BCUT2D eigenvalue weighted by Crippen LogP contribution is 2.17. The summed E-state index contributed by atoms with van der Waals surface area (Å²) in [7, 11) is 0. The average molecular weight is 250 g/mol. The van der Waals surface area contributed by atoms with Crippen molar-refractivity contribution in [1.29, 1.82) is 0 Å². The zero-order valence-corrected chi connectivity index (χ0v) is 9.77. The van der Waals surface area contributed by atoms with Crippen molar-refractivity contribution in [2.24, 2.45) is 0 Å². The number of aliphatic hydroxyl groups excluding tert-OH is 1. The Morgan fingerprint density at radius 1 is 1.17 bits per heavy atom. The number of aliphatic hydroxyl groups is 1. The molecule has 1 aromatic heterocycles. The maximum absolute atomic E-state index is 13.0. The van der Waals surface area contributed by atoms with E-state index < -0.39 is 17.7 Å². The van der Waals surface area contributed by atoms with Gasteiger partial charge in [0.15, 0.2) is 11.6 Å². The van der Waals surface area contributed by atoms with Gasteiger partial charge >= 0.3 is 0 Å². The van der Waals surface area contributed by atoms with Crippen LogP contribution in [0.5, 0.6) is 0 Å². The maximum atomic E-state index is 13.0. The molecule has 0 bridgehead atoms. The van der Waals surface area contributed by atoms with Gasteiger partial charge in [0.25, 0.3) is 0 Å². The molecule has 1 aromatic carbocycles. The van der Waals surface area contributed by atoms with E-state index in [4.69, 9.17) is 0 Å². The smallest absolute Gasteiger partial charge is 0.159 e. The quantitative estimate of drug-likeness (QED) is 0.909. The number of nitrogens with zero attached hydrogens (tertiary/aromatic N) is 2. The summed E-state index contributed by atoms with van der Waals surface area (Å²) in [6.07, 6.45) is 2.29.